The van der Waals surface area contributed by atoms with Crippen molar-refractivity contribution in [3.05, 3.63) is 101 Å². The van der Waals surface area contributed by atoms with Crippen molar-refractivity contribution < 1.29 is 13.2 Å². The largest absolute Gasteiger partial charge is 0.416 e. The van der Waals surface area contributed by atoms with Crippen LogP contribution in [0.2, 0.25) is 0 Å². The van der Waals surface area contributed by atoms with Crippen LogP contribution in [0.25, 0.3) is 0 Å². The Morgan fingerprint density at radius 3 is 2.23 bits per heavy atom. The number of likely N-dealkylation sites (N-methyl/N-ethyl adjacent to an activating group) is 1. The maximum atomic E-state index is 13.7. The lowest BCUT2D eigenvalue weighted by Gasteiger charge is -2.40. The third-order valence-corrected chi connectivity index (χ3v) is 11.2. The van der Waals surface area contributed by atoms with E-state index in [0.29, 0.717) is 13.1 Å². The molecule has 0 aromatic heterocycles. The lowest BCUT2D eigenvalue weighted by molar-refractivity contribution is -0.137. The Morgan fingerprint density at radius 1 is 0.923 bits per heavy atom. The number of para-hydroxylation sites is 2. The van der Waals surface area contributed by atoms with Crippen LogP contribution in [0.5, 0.6) is 0 Å². The maximum absolute atomic E-state index is 13.7. The second-order valence-electron chi connectivity index (χ2n) is 10.2. The number of hydrogen-bond acceptors (Lipinski definition) is 3. The fourth-order valence-electron chi connectivity index (χ4n) is 5.76. The van der Waals surface area contributed by atoms with E-state index in [-0.39, 0.29) is 11.1 Å². The van der Waals surface area contributed by atoms with Gasteiger partial charge in [0.2, 0.25) is 0 Å². The second kappa shape index (κ2) is 10.00. The molecule has 5 nitrogen and oxygen atoms in total. The monoisotopic (exact) mass is 551 g/mol. The molecule has 0 spiro atoms. The Bertz CT molecular complexity index is 1490. The first-order valence-corrected chi connectivity index (χ1v) is 14.7. The molecule has 0 amide bonds. The van der Waals surface area contributed by atoms with E-state index >= 15 is 0 Å². The molecule has 0 fully saturated rings. The summed E-state index contributed by atoms with van der Waals surface area (Å²) in [6, 6.07) is 23.4. The van der Waals surface area contributed by atoms with E-state index in [1.54, 1.807) is 6.07 Å². The van der Waals surface area contributed by atoms with Gasteiger partial charge >= 0.3 is 6.18 Å². The molecule has 3 aromatic carbocycles. The number of hydrogen-bond donors (Lipinski definition) is 0. The van der Waals surface area contributed by atoms with Crippen LogP contribution in [0.3, 0.4) is 0 Å². The van der Waals surface area contributed by atoms with E-state index < -0.39 is 19.1 Å². The fraction of sp³-hybridized carbons (Fsp3) is 0.300. The van der Waals surface area contributed by atoms with Crippen molar-refractivity contribution in [1.29, 1.82) is 0 Å². The molecule has 5 rings (SSSR count). The molecule has 204 valence electrons. The number of halogens is 3. The summed E-state index contributed by atoms with van der Waals surface area (Å²) >= 11 is 0. The number of benzene rings is 3. The first-order valence-electron chi connectivity index (χ1n) is 13.1. The number of allylic oxidation sites excluding steroid dienone is 2. The molecule has 2 heterocycles. The number of alkyl halides is 3. The molecule has 0 saturated heterocycles. The van der Waals surface area contributed by atoms with Crippen LogP contribution in [-0.4, -0.2) is 31.0 Å². The highest BCUT2D eigenvalue weighted by Gasteiger charge is 2.49. The summed E-state index contributed by atoms with van der Waals surface area (Å²) in [4.78, 5) is 2.20. The molecule has 0 N–H and O–H groups in total. The zero-order chi connectivity index (χ0) is 28.0. The third-order valence-electron chi connectivity index (χ3n) is 7.53. The van der Waals surface area contributed by atoms with Crippen LogP contribution in [-0.2, 0) is 11.6 Å². The maximum Gasteiger partial charge on any atom is 0.416 e. The second-order valence-corrected chi connectivity index (χ2v) is 12.9. The number of nitrogens with zero attached hydrogens (tertiary/aromatic N) is 5. The molecule has 0 radical (unpaired) electrons. The highest BCUT2D eigenvalue weighted by Crippen LogP contribution is 2.70. The predicted octanol–water partition coefficient (Wildman–Crippen LogP) is 8.86. The Kier molecular flexibility index (Phi) is 6.98. The molecular formula is C30H33F3N5P. The van der Waals surface area contributed by atoms with Crippen LogP contribution < -0.4 is 9.68 Å². The summed E-state index contributed by atoms with van der Waals surface area (Å²) in [5.41, 5.74) is 3.39. The molecule has 9 heteroatoms. The van der Waals surface area contributed by atoms with Gasteiger partial charge in [0.15, 0.2) is 7.36 Å². The topological polar surface area (TPSA) is 34.4 Å². The van der Waals surface area contributed by atoms with Gasteiger partial charge in [0.25, 0.3) is 0 Å². The number of hydrazone groups is 1. The lowest BCUT2D eigenvalue weighted by atomic mass is 9.84. The minimum Gasteiger partial charge on any atom is -0.346 e. The molecule has 0 saturated carbocycles. The molecule has 0 bridgehead atoms. The van der Waals surface area contributed by atoms with E-state index in [9.17, 15) is 13.2 Å². The van der Waals surface area contributed by atoms with Gasteiger partial charge in [-0.3, -0.25) is 0 Å². The van der Waals surface area contributed by atoms with Crippen molar-refractivity contribution in [2.75, 3.05) is 29.8 Å². The molecule has 3 aromatic rings. The standard InChI is InChI=1S/C30H33F3N5P/c1-6-37(7-2)39(35-23-15-13-14-22(20-23)30(31,32)33)27(21-34-38(39)24-16-9-8-10-17-24)28-29(3,4)25-18-11-12-19-26(25)36(28)5/h8-21H,6-7H2,1-5H3/b28-27+. The van der Waals surface area contributed by atoms with Crippen LogP contribution in [0.1, 0.15) is 38.8 Å². The quantitative estimate of drug-likeness (QED) is 0.297. The van der Waals surface area contributed by atoms with Crippen LogP contribution >= 0.6 is 7.36 Å². The summed E-state index contributed by atoms with van der Waals surface area (Å²) in [5.74, 6) is 0. The van der Waals surface area contributed by atoms with Gasteiger partial charge in [-0.1, -0.05) is 70.2 Å². The average Bonchev–Trinajstić information content (AvgIpc) is 3.37. The minimum absolute atomic E-state index is 0.283. The molecule has 2 aliphatic rings. The van der Waals surface area contributed by atoms with Gasteiger partial charge in [-0.05, 0) is 42.0 Å². The zero-order valence-electron chi connectivity index (χ0n) is 22.8. The van der Waals surface area contributed by atoms with Gasteiger partial charge in [-0.25, -0.2) is 14.2 Å². The van der Waals surface area contributed by atoms with E-state index in [4.69, 9.17) is 9.85 Å². The van der Waals surface area contributed by atoms with Gasteiger partial charge in [0, 0.05) is 36.9 Å². The summed E-state index contributed by atoms with van der Waals surface area (Å²) in [6.45, 7) is 9.81. The summed E-state index contributed by atoms with van der Waals surface area (Å²) < 4.78 is 50.8. The Hall–Kier alpha value is -3.35. The summed E-state index contributed by atoms with van der Waals surface area (Å²) in [6.07, 6.45) is -2.58. The van der Waals surface area contributed by atoms with Crippen molar-refractivity contribution in [3.63, 3.8) is 0 Å². The van der Waals surface area contributed by atoms with Gasteiger partial charge in [0.1, 0.15) is 0 Å². The van der Waals surface area contributed by atoms with Crippen molar-refractivity contribution in [2.24, 2.45) is 9.85 Å². The molecular weight excluding hydrogens is 518 g/mol. The van der Waals surface area contributed by atoms with Gasteiger partial charge < -0.3 is 4.90 Å². The SMILES string of the molecule is CCN(CC)P1(=Nc2cccc(C(F)(F)F)c2)/C(=C2/N(C)c3ccccc3C2(C)C)C=NN1c1ccccc1. The number of fused-ring (bicyclic) bond motifs is 1. The van der Waals surface area contributed by atoms with Crippen molar-refractivity contribution in [3.8, 4) is 0 Å². The van der Waals surface area contributed by atoms with Crippen LogP contribution in [0.4, 0.5) is 30.2 Å². The lowest BCUT2D eigenvalue weighted by Crippen LogP contribution is -2.31. The van der Waals surface area contributed by atoms with Gasteiger partial charge in [0.05, 0.1) is 28.5 Å². The Balaban J connectivity index is 1.89. The third kappa shape index (κ3) is 4.40. The minimum atomic E-state index is -4.46. The average molecular weight is 552 g/mol. The zero-order valence-corrected chi connectivity index (χ0v) is 23.7. The molecule has 2 aliphatic heterocycles. The number of rotatable bonds is 5. The smallest absolute Gasteiger partial charge is 0.346 e. The molecule has 0 aliphatic carbocycles. The van der Waals surface area contributed by atoms with E-state index in [2.05, 4.69) is 56.4 Å². The van der Waals surface area contributed by atoms with Crippen molar-refractivity contribution in [1.82, 2.24) is 4.67 Å². The fourth-order valence-corrected chi connectivity index (χ4v) is 9.64. The molecule has 39 heavy (non-hydrogen) atoms. The summed E-state index contributed by atoms with van der Waals surface area (Å²) in [7, 11) is -0.896. The van der Waals surface area contributed by atoms with Crippen molar-refractivity contribution in [2.45, 2.75) is 39.3 Å². The highest BCUT2D eigenvalue weighted by molar-refractivity contribution is 7.71. The first-order chi connectivity index (χ1) is 18.6. The van der Waals surface area contributed by atoms with Crippen LogP contribution in [0.15, 0.2) is 99.7 Å². The summed E-state index contributed by atoms with van der Waals surface area (Å²) in [5, 5.41) is 5.89. The van der Waals surface area contributed by atoms with Crippen molar-refractivity contribution >= 4 is 30.6 Å². The predicted molar refractivity (Wildman–Crippen MR) is 156 cm³/mol. The first kappa shape index (κ1) is 27.2. The van der Waals surface area contributed by atoms with E-state index in [1.807, 2.05) is 53.5 Å². The van der Waals surface area contributed by atoms with Gasteiger partial charge in [-0.2, -0.15) is 18.3 Å². The van der Waals surface area contributed by atoms with Crippen LogP contribution in [0, 0.1) is 0 Å². The van der Waals surface area contributed by atoms with Gasteiger partial charge in [-0.15, -0.1) is 0 Å². The highest BCUT2D eigenvalue weighted by atomic mass is 31.2. The van der Waals surface area contributed by atoms with E-state index in [1.165, 1.54) is 11.6 Å². The molecule has 1 atom stereocenters. The molecule has 1 unspecified atom stereocenters. The Morgan fingerprint density at radius 2 is 1.59 bits per heavy atom. The normalized spacial score (nSPS) is 22.1. The Labute approximate surface area is 228 Å². The number of anilines is 2. The van der Waals surface area contributed by atoms with E-state index in [0.717, 1.165) is 34.5 Å².